The highest BCUT2D eigenvalue weighted by atomic mass is 16.3. The normalized spacial score (nSPS) is 12.8. The quantitative estimate of drug-likeness (QED) is 0.801. The van der Waals surface area contributed by atoms with Crippen LogP contribution in [0.2, 0.25) is 0 Å². The van der Waals surface area contributed by atoms with Gasteiger partial charge in [-0.1, -0.05) is 0 Å². The van der Waals surface area contributed by atoms with Crippen molar-refractivity contribution in [3.63, 3.8) is 0 Å². The van der Waals surface area contributed by atoms with Crippen molar-refractivity contribution in [3.05, 3.63) is 35.2 Å². The van der Waals surface area contributed by atoms with Crippen LogP contribution in [0.15, 0.2) is 16.7 Å². The zero-order valence-electron chi connectivity index (χ0n) is 12.9. The number of aryl methyl sites for hydroxylation is 4. The van der Waals surface area contributed by atoms with Crippen molar-refractivity contribution in [2.24, 2.45) is 7.05 Å². The van der Waals surface area contributed by atoms with E-state index in [1.54, 1.807) is 10.9 Å². The molecule has 0 aliphatic carbocycles. The molecule has 0 aromatic carbocycles. The predicted molar refractivity (Wildman–Crippen MR) is 81.3 cm³/mol. The Labute approximate surface area is 123 Å². The number of anilines is 1. The average Bonchev–Trinajstić information content (AvgIpc) is 2.93. The highest BCUT2D eigenvalue weighted by Crippen LogP contribution is 2.27. The van der Waals surface area contributed by atoms with Gasteiger partial charge in [0.15, 0.2) is 5.65 Å². The van der Waals surface area contributed by atoms with Gasteiger partial charge in [-0.2, -0.15) is 5.10 Å². The average molecular weight is 285 g/mol. The van der Waals surface area contributed by atoms with Crippen LogP contribution in [0.25, 0.3) is 11.0 Å². The Kier molecular flexibility index (Phi) is 3.16. The zero-order valence-corrected chi connectivity index (χ0v) is 12.9. The van der Waals surface area contributed by atoms with Gasteiger partial charge in [-0.05, 0) is 33.8 Å². The third-order valence-corrected chi connectivity index (χ3v) is 3.60. The molecule has 6 heteroatoms. The van der Waals surface area contributed by atoms with Gasteiger partial charge < -0.3 is 9.73 Å². The minimum Gasteiger partial charge on any atom is -0.466 e. The molecule has 0 radical (unpaired) electrons. The first-order valence-electron chi connectivity index (χ1n) is 6.95. The molecule has 0 amide bonds. The third kappa shape index (κ3) is 2.37. The Morgan fingerprint density at radius 3 is 2.67 bits per heavy atom. The maximum atomic E-state index is 5.60. The van der Waals surface area contributed by atoms with Crippen molar-refractivity contribution < 1.29 is 4.42 Å². The van der Waals surface area contributed by atoms with E-state index < -0.39 is 0 Å². The summed E-state index contributed by atoms with van der Waals surface area (Å²) >= 11 is 0. The van der Waals surface area contributed by atoms with Crippen molar-refractivity contribution in [2.75, 3.05) is 5.32 Å². The maximum Gasteiger partial charge on any atom is 0.163 e. The summed E-state index contributed by atoms with van der Waals surface area (Å²) in [6.07, 6.45) is 1.79. The summed E-state index contributed by atoms with van der Waals surface area (Å²) in [7, 11) is 1.88. The second kappa shape index (κ2) is 4.87. The summed E-state index contributed by atoms with van der Waals surface area (Å²) in [4.78, 5) is 8.94. The molecule has 3 heterocycles. The van der Waals surface area contributed by atoms with Gasteiger partial charge in [0.1, 0.15) is 23.2 Å². The predicted octanol–water partition coefficient (Wildman–Crippen LogP) is 3.05. The molecule has 0 saturated carbocycles. The van der Waals surface area contributed by atoms with Crippen LogP contribution in [0, 0.1) is 20.8 Å². The molecular formula is C15H19N5O. The molecule has 110 valence electrons. The molecule has 0 aliphatic heterocycles. The molecule has 0 bridgehead atoms. The topological polar surface area (TPSA) is 68.8 Å². The van der Waals surface area contributed by atoms with E-state index in [9.17, 15) is 0 Å². The fourth-order valence-corrected chi connectivity index (χ4v) is 2.60. The van der Waals surface area contributed by atoms with Gasteiger partial charge in [-0.25, -0.2) is 9.97 Å². The number of hydrogen-bond donors (Lipinski definition) is 1. The molecule has 6 nitrogen and oxygen atoms in total. The molecule has 3 aromatic rings. The Morgan fingerprint density at radius 2 is 2.00 bits per heavy atom. The summed E-state index contributed by atoms with van der Waals surface area (Å²) in [6.45, 7) is 7.91. The molecule has 3 rings (SSSR count). The smallest absolute Gasteiger partial charge is 0.163 e. The Bertz CT molecular complexity index is 802. The number of fused-ring (bicyclic) bond motifs is 1. The summed E-state index contributed by atoms with van der Waals surface area (Å²) in [6, 6.07) is 2.15. The third-order valence-electron chi connectivity index (χ3n) is 3.60. The van der Waals surface area contributed by atoms with Crippen LogP contribution in [0.5, 0.6) is 0 Å². The second-order valence-electron chi connectivity index (χ2n) is 5.36. The van der Waals surface area contributed by atoms with Gasteiger partial charge in [-0.15, -0.1) is 0 Å². The largest absolute Gasteiger partial charge is 0.466 e. The molecule has 0 spiro atoms. The molecule has 0 fully saturated rings. The van der Waals surface area contributed by atoms with E-state index in [1.165, 1.54) is 0 Å². The molecule has 0 aliphatic rings. The molecule has 0 saturated heterocycles. The number of nitrogens with zero attached hydrogens (tertiary/aromatic N) is 4. The minimum absolute atomic E-state index is 0.0974. The zero-order chi connectivity index (χ0) is 15.1. The van der Waals surface area contributed by atoms with E-state index >= 15 is 0 Å². The van der Waals surface area contributed by atoms with Crippen molar-refractivity contribution >= 4 is 16.9 Å². The van der Waals surface area contributed by atoms with E-state index in [0.717, 1.165) is 39.8 Å². The summed E-state index contributed by atoms with van der Waals surface area (Å²) in [5.74, 6) is 3.37. The van der Waals surface area contributed by atoms with E-state index in [4.69, 9.17) is 4.42 Å². The fraction of sp³-hybridized carbons (Fsp3) is 0.400. The van der Waals surface area contributed by atoms with Crippen LogP contribution >= 0.6 is 0 Å². The Hall–Kier alpha value is -2.37. The maximum absolute atomic E-state index is 5.60. The Balaban J connectivity index is 2.00. The van der Waals surface area contributed by atoms with Crippen LogP contribution in [0.4, 0.5) is 5.82 Å². The standard InChI is InChI=1S/C15H19N5O/c1-8-6-12(10(3)21-8)9(2)17-14-13-7-16-20(5)15(13)19-11(4)18-14/h6-7,9H,1-5H3,(H,17,18,19)/t9-/m0/s1. The summed E-state index contributed by atoms with van der Waals surface area (Å²) in [5.41, 5.74) is 1.97. The first kappa shape index (κ1) is 13.6. The number of hydrogen-bond acceptors (Lipinski definition) is 5. The lowest BCUT2D eigenvalue weighted by molar-refractivity contribution is 0.500. The van der Waals surface area contributed by atoms with Crippen molar-refractivity contribution in [3.8, 4) is 0 Å². The molecule has 3 aromatic heterocycles. The van der Waals surface area contributed by atoms with E-state index in [0.29, 0.717) is 0 Å². The minimum atomic E-state index is 0.0974. The molecule has 1 N–H and O–H groups in total. The first-order valence-corrected chi connectivity index (χ1v) is 6.95. The summed E-state index contributed by atoms with van der Waals surface area (Å²) in [5, 5.41) is 8.62. The number of rotatable bonds is 3. The number of nitrogens with one attached hydrogen (secondary N) is 1. The van der Waals surface area contributed by atoms with Crippen LogP contribution in [-0.4, -0.2) is 19.7 Å². The second-order valence-corrected chi connectivity index (χ2v) is 5.36. The van der Waals surface area contributed by atoms with Crippen molar-refractivity contribution in [1.82, 2.24) is 19.7 Å². The van der Waals surface area contributed by atoms with E-state index in [1.807, 2.05) is 27.8 Å². The highest BCUT2D eigenvalue weighted by Gasteiger charge is 2.16. The molecule has 1 atom stereocenters. The monoisotopic (exact) mass is 285 g/mol. The van der Waals surface area contributed by atoms with Crippen LogP contribution < -0.4 is 5.32 Å². The fourth-order valence-electron chi connectivity index (χ4n) is 2.60. The van der Waals surface area contributed by atoms with Crippen LogP contribution in [-0.2, 0) is 7.05 Å². The van der Waals surface area contributed by atoms with Crippen LogP contribution in [0.1, 0.15) is 35.9 Å². The van der Waals surface area contributed by atoms with Crippen LogP contribution in [0.3, 0.4) is 0 Å². The number of furan rings is 1. The van der Waals surface area contributed by atoms with Gasteiger partial charge in [-0.3, -0.25) is 4.68 Å². The lowest BCUT2D eigenvalue weighted by Gasteiger charge is -2.14. The van der Waals surface area contributed by atoms with Gasteiger partial charge in [0.05, 0.1) is 17.6 Å². The molecule has 0 unspecified atom stereocenters. The Morgan fingerprint density at radius 1 is 1.24 bits per heavy atom. The van der Waals surface area contributed by atoms with E-state index in [-0.39, 0.29) is 6.04 Å². The highest BCUT2D eigenvalue weighted by molar-refractivity contribution is 5.86. The lowest BCUT2D eigenvalue weighted by Crippen LogP contribution is -2.09. The van der Waals surface area contributed by atoms with Gasteiger partial charge in [0, 0.05) is 12.6 Å². The molecular weight excluding hydrogens is 266 g/mol. The van der Waals surface area contributed by atoms with E-state index in [2.05, 4.69) is 33.4 Å². The first-order chi connectivity index (χ1) is 9.95. The summed E-state index contributed by atoms with van der Waals surface area (Å²) < 4.78 is 7.36. The lowest BCUT2D eigenvalue weighted by atomic mass is 10.1. The van der Waals surface area contributed by atoms with Crippen molar-refractivity contribution in [1.29, 1.82) is 0 Å². The number of aromatic nitrogens is 4. The van der Waals surface area contributed by atoms with Gasteiger partial charge in [0.25, 0.3) is 0 Å². The van der Waals surface area contributed by atoms with Gasteiger partial charge >= 0.3 is 0 Å². The van der Waals surface area contributed by atoms with Gasteiger partial charge in [0.2, 0.25) is 0 Å². The SMILES string of the molecule is Cc1nc(N[C@@H](C)c2cc(C)oc2C)c2cnn(C)c2n1. The van der Waals surface area contributed by atoms with Crippen molar-refractivity contribution in [2.45, 2.75) is 33.7 Å². The molecule has 21 heavy (non-hydrogen) atoms.